The largest absolute Gasteiger partial charge is 0.490 e. The van der Waals surface area contributed by atoms with E-state index in [-0.39, 0.29) is 5.82 Å². The Morgan fingerprint density at radius 2 is 2.12 bits per heavy atom. The fourth-order valence-corrected chi connectivity index (χ4v) is 1.77. The van der Waals surface area contributed by atoms with Crippen LogP contribution in [0.25, 0.3) is 0 Å². The van der Waals surface area contributed by atoms with Crippen LogP contribution in [0.4, 0.5) is 10.1 Å². The molecule has 0 fully saturated rings. The molecule has 0 aliphatic rings. The van der Waals surface area contributed by atoms with Crippen LogP contribution >= 0.6 is 15.9 Å². The van der Waals surface area contributed by atoms with Crippen molar-refractivity contribution in [2.45, 2.75) is 13.3 Å². The number of ether oxygens (including phenoxy) is 2. The molecular formula is C11H15BrFNO2. The normalized spacial score (nSPS) is 10.4. The second kappa shape index (κ2) is 6.70. The maximum absolute atomic E-state index is 12.9. The lowest BCUT2D eigenvalue weighted by Crippen LogP contribution is -2.05. The van der Waals surface area contributed by atoms with Crippen LogP contribution in [0.1, 0.15) is 13.3 Å². The Morgan fingerprint density at radius 1 is 1.38 bits per heavy atom. The third kappa shape index (κ3) is 3.98. The average Bonchev–Trinajstić information content (AvgIpc) is 2.20. The molecule has 0 saturated carbocycles. The SMILES string of the molecule is CCOCCCOc1c(N)cc(F)cc1Br. The highest BCUT2D eigenvalue weighted by atomic mass is 79.9. The predicted octanol–water partition coefficient (Wildman–Crippen LogP) is 2.98. The molecule has 0 aliphatic heterocycles. The topological polar surface area (TPSA) is 44.5 Å². The van der Waals surface area contributed by atoms with Gasteiger partial charge in [-0.1, -0.05) is 0 Å². The Bertz CT molecular complexity index is 324. The van der Waals surface area contributed by atoms with Crippen molar-refractivity contribution in [2.75, 3.05) is 25.6 Å². The first-order valence-electron chi connectivity index (χ1n) is 5.10. The van der Waals surface area contributed by atoms with Gasteiger partial charge in [0.2, 0.25) is 0 Å². The molecular weight excluding hydrogens is 277 g/mol. The van der Waals surface area contributed by atoms with Crippen LogP contribution in [-0.4, -0.2) is 19.8 Å². The number of nitrogen functional groups attached to an aromatic ring is 1. The zero-order chi connectivity index (χ0) is 12.0. The number of rotatable bonds is 6. The molecule has 3 nitrogen and oxygen atoms in total. The molecule has 0 saturated heterocycles. The van der Waals surface area contributed by atoms with Crippen molar-refractivity contribution >= 4 is 21.6 Å². The van der Waals surface area contributed by atoms with E-state index in [4.69, 9.17) is 15.2 Å². The van der Waals surface area contributed by atoms with Gasteiger partial charge in [-0.25, -0.2) is 4.39 Å². The van der Waals surface area contributed by atoms with E-state index in [0.717, 1.165) is 6.42 Å². The van der Waals surface area contributed by atoms with Gasteiger partial charge in [-0.15, -0.1) is 0 Å². The maximum Gasteiger partial charge on any atom is 0.156 e. The van der Waals surface area contributed by atoms with Crippen LogP contribution in [0.15, 0.2) is 16.6 Å². The molecule has 0 radical (unpaired) electrons. The molecule has 0 aliphatic carbocycles. The quantitative estimate of drug-likeness (QED) is 0.647. The summed E-state index contributed by atoms with van der Waals surface area (Å²) >= 11 is 3.20. The van der Waals surface area contributed by atoms with Crippen LogP contribution < -0.4 is 10.5 Å². The van der Waals surface area contributed by atoms with Crippen LogP contribution in [-0.2, 0) is 4.74 Å². The standard InChI is InChI=1S/C11H15BrFNO2/c1-2-15-4-3-5-16-11-9(12)6-8(13)7-10(11)14/h6-7H,2-5,14H2,1H3. The molecule has 2 N–H and O–H groups in total. The van der Waals surface area contributed by atoms with Crippen molar-refractivity contribution in [3.05, 3.63) is 22.4 Å². The zero-order valence-corrected chi connectivity index (χ0v) is 10.7. The molecule has 1 rings (SSSR count). The second-order valence-corrected chi connectivity index (χ2v) is 4.06. The Labute approximate surface area is 103 Å². The molecule has 0 aromatic heterocycles. The maximum atomic E-state index is 12.9. The van der Waals surface area contributed by atoms with Crippen LogP contribution in [0.5, 0.6) is 5.75 Å². The van der Waals surface area contributed by atoms with Crippen LogP contribution in [0, 0.1) is 5.82 Å². The van der Waals surface area contributed by atoms with E-state index < -0.39 is 0 Å². The Kier molecular flexibility index (Phi) is 5.55. The molecule has 1 aromatic carbocycles. The number of anilines is 1. The summed E-state index contributed by atoms with van der Waals surface area (Å²) in [6, 6.07) is 2.57. The van der Waals surface area contributed by atoms with E-state index in [2.05, 4.69) is 15.9 Å². The van der Waals surface area contributed by atoms with Crippen molar-refractivity contribution in [3.63, 3.8) is 0 Å². The van der Waals surface area contributed by atoms with Gasteiger partial charge in [-0.05, 0) is 28.9 Å². The highest BCUT2D eigenvalue weighted by Gasteiger charge is 2.08. The molecule has 0 heterocycles. The van der Waals surface area contributed by atoms with E-state index >= 15 is 0 Å². The van der Waals surface area contributed by atoms with Gasteiger partial charge >= 0.3 is 0 Å². The van der Waals surface area contributed by atoms with Gasteiger partial charge in [0.1, 0.15) is 5.82 Å². The third-order valence-electron chi connectivity index (χ3n) is 1.92. The van der Waals surface area contributed by atoms with Crippen molar-refractivity contribution in [1.29, 1.82) is 0 Å². The second-order valence-electron chi connectivity index (χ2n) is 3.20. The van der Waals surface area contributed by atoms with Gasteiger partial charge in [-0.3, -0.25) is 0 Å². The Balaban J connectivity index is 2.47. The first kappa shape index (κ1) is 13.3. The number of hydrogen-bond acceptors (Lipinski definition) is 3. The van der Waals surface area contributed by atoms with Gasteiger partial charge in [0.05, 0.1) is 16.8 Å². The molecule has 0 spiro atoms. The van der Waals surface area contributed by atoms with Crippen molar-refractivity contribution < 1.29 is 13.9 Å². The number of halogens is 2. The summed E-state index contributed by atoms with van der Waals surface area (Å²) in [4.78, 5) is 0. The van der Waals surface area contributed by atoms with Gasteiger partial charge in [0.15, 0.2) is 5.75 Å². The van der Waals surface area contributed by atoms with Crippen LogP contribution in [0.2, 0.25) is 0 Å². The van der Waals surface area contributed by atoms with Gasteiger partial charge < -0.3 is 15.2 Å². The summed E-state index contributed by atoms with van der Waals surface area (Å²) < 4.78 is 24.1. The highest BCUT2D eigenvalue weighted by Crippen LogP contribution is 2.32. The first-order chi connectivity index (χ1) is 7.65. The summed E-state index contributed by atoms with van der Waals surface area (Å²) in [5.74, 6) is 0.101. The van der Waals surface area contributed by atoms with Gasteiger partial charge in [0.25, 0.3) is 0 Å². The molecule has 5 heteroatoms. The van der Waals surface area contributed by atoms with E-state index in [0.29, 0.717) is 35.7 Å². The third-order valence-corrected chi connectivity index (χ3v) is 2.51. The van der Waals surface area contributed by atoms with E-state index in [9.17, 15) is 4.39 Å². The summed E-state index contributed by atoms with van der Waals surface area (Å²) in [7, 11) is 0. The van der Waals surface area contributed by atoms with Crippen molar-refractivity contribution in [1.82, 2.24) is 0 Å². The fourth-order valence-electron chi connectivity index (χ4n) is 1.21. The summed E-state index contributed by atoms with van der Waals surface area (Å²) in [6.07, 6.45) is 0.775. The smallest absolute Gasteiger partial charge is 0.156 e. The van der Waals surface area contributed by atoms with E-state index in [1.807, 2.05) is 6.92 Å². The lowest BCUT2D eigenvalue weighted by molar-refractivity contribution is 0.131. The molecule has 16 heavy (non-hydrogen) atoms. The van der Waals surface area contributed by atoms with Crippen molar-refractivity contribution in [2.24, 2.45) is 0 Å². The summed E-state index contributed by atoms with van der Waals surface area (Å²) in [5, 5.41) is 0. The average molecular weight is 292 g/mol. The molecule has 90 valence electrons. The lowest BCUT2D eigenvalue weighted by atomic mass is 10.3. The van der Waals surface area contributed by atoms with Gasteiger partial charge in [-0.2, -0.15) is 0 Å². The Hall–Kier alpha value is -0.810. The molecule has 0 atom stereocenters. The molecule has 1 aromatic rings. The molecule has 0 bridgehead atoms. The Morgan fingerprint density at radius 3 is 2.75 bits per heavy atom. The first-order valence-corrected chi connectivity index (χ1v) is 5.89. The minimum absolute atomic E-state index is 0.295. The number of benzene rings is 1. The molecule has 0 unspecified atom stereocenters. The van der Waals surface area contributed by atoms with Gasteiger partial charge in [0, 0.05) is 25.7 Å². The van der Waals surface area contributed by atoms with E-state index in [1.54, 1.807) is 0 Å². The van der Waals surface area contributed by atoms with E-state index in [1.165, 1.54) is 12.1 Å². The number of nitrogens with two attached hydrogens (primary N) is 1. The number of hydrogen-bond donors (Lipinski definition) is 1. The van der Waals surface area contributed by atoms with Crippen LogP contribution in [0.3, 0.4) is 0 Å². The summed E-state index contributed by atoms with van der Waals surface area (Å²) in [5.41, 5.74) is 5.93. The highest BCUT2D eigenvalue weighted by molar-refractivity contribution is 9.10. The predicted molar refractivity (Wildman–Crippen MR) is 65.1 cm³/mol. The fraction of sp³-hybridized carbons (Fsp3) is 0.455. The minimum Gasteiger partial charge on any atom is -0.490 e. The molecule has 0 amide bonds. The monoisotopic (exact) mass is 291 g/mol. The van der Waals surface area contributed by atoms with Crippen molar-refractivity contribution in [3.8, 4) is 5.75 Å². The zero-order valence-electron chi connectivity index (χ0n) is 9.13. The summed E-state index contributed by atoms with van der Waals surface area (Å²) in [6.45, 7) is 3.78. The lowest BCUT2D eigenvalue weighted by Gasteiger charge is -2.10. The minimum atomic E-state index is -0.383.